The average molecular weight is 337 g/mol. The minimum atomic E-state index is 0.239. The van der Waals surface area contributed by atoms with Crippen LogP contribution in [0.4, 0.5) is 10.3 Å². The molecule has 0 radical (unpaired) electrons. The Kier molecular flexibility index (Phi) is 4.39. The largest absolute Gasteiger partial charge is 0.337 e. The van der Waals surface area contributed by atoms with E-state index >= 15 is 0 Å². The van der Waals surface area contributed by atoms with Crippen LogP contribution in [0.2, 0.25) is 0 Å². The maximum Gasteiger partial charge on any atom is 0.223 e. The Labute approximate surface area is 137 Å². The van der Waals surface area contributed by atoms with Crippen molar-refractivity contribution in [1.29, 1.82) is 0 Å². The van der Waals surface area contributed by atoms with E-state index in [-0.39, 0.29) is 5.91 Å². The van der Waals surface area contributed by atoms with E-state index in [2.05, 4.69) is 34.3 Å². The number of nitrogens with one attached hydrogen (secondary N) is 1. The summed E-state index contributed by atoms with van der Waals surface area (Å²) >= 11 is 3.11. The molecule has 2 aromatic heterocycles. The zero-order valence-corrected chi connectivity index (χ0v) is 14.6. The lowest BCUT2D eigenvalue weighted by molar-refractivity contribution is -0.132. The van der Waals surface area contributed by atoms with Crippen molar-refractivity contribution in [3.05, 3.63) is 15.6 Å². The molecule has 0 spiro atoms. The molecule has 0 fully saturated rings. The molecule has 8 heteroatoms. The minimum Gasteiger partial charge on any atom is -0.337 e. The molecule has 1 amide bonds. The van der Waals surface area contributed by atoms with Crippen molar-refractivity contribution in [3.63, 3.8) is 0 Å². The van der Waals surface area contributed by atoms with Gasteiger partial charge in [0.25, 0.3) is 0 Å². The van der Waals surface area contributed by atoms with Gasteiger partial charge in [0.1, 0.15) is 5.01 Å². The van der Waals surface area contributed by atoms with E-state index in [1.54, 1.807) is 11.3 Å². The molecule has 0 saturated carbocycles. The summed E-state index contributed by atoms with van der Waals surface area (Å²) in [6.45, 7) is 7.51. The van der Waals surface area contributed by atoms with E-state index < -0.39 is 0 Å². The van der Waals surface area contributed by atoms with Crippen LogP contribution in [-0.2, 0) is 17.8 Å². The third-order valence-corrected chi connectivity index (χ3v) is 5.16. The summed E-state index contributed by atoms with van der Waals surface area (Å²) in [7, 11) is 0. The fraction of sp³-hybridized carbons (Fsp3) is 0.571. The van der Waals surface area contributed by atoms with Crippen molar-refractivity contribution < 1.29 is 4.79 Å². The van der Waals surface area contributed by atoms with Crippen LogP contribution in [-0.4, -0.2) is 32.5 Å². The van der Waals surface area contributed by atoms with Gasteiger partial charge in [-0.15, -0.1) is 10.2 Å². The molecule has 0 unspecified atom stereocenters. The Balaban J connectivity index is 1.68. The van der Waals surface area contributed by atoms with Crippen LogP contribution in [0.15, 0.2) is 0 Å². The van der Waals surface area contributed by atoms with Gasteiger partial charge >= 0.3 is 0 Å². The third kappa shape index (κ3) is 3.44. The second kappa shape index (κ2) is 6.29. The fourth-order valence-corrected chi connectivity index (χ4v) is 4.06. The van der Waals surface area contributed by atoms with E-state index in [0.717, 1.165) is 33.9 Å². The summed E-state index contributed by atoms with van der Waals surface area (Å²) in [5.74, 6) is 0.636. The SMILES string of the molecule is Cc1nnc(Nc2nc3c(s2)CN(C(=O)CC(C)C)CC3)s1. The van der Waals surface area contributed by atoms with Crippen molar-refractivity contribution in [2.75, 3.05) is 11.9 Å². The molecular weight excluding hydrogens is 318 g/mol. The topological polar surface area (TPSA) is 71.0 Å². The first kappa shape index (κ1) is 15.4. The summed E-state index contributed by atoms with van der Waals surface area (Å²) in [6.07, 6.45) is 1.44. The van der Waals surface area contributed by atoms with Gasteiger partial charge in [0.05, 0.1) is 12.2 Å². The van der Waals surface area contributed by atoms with Crippen LogP contribution >= 0.6 is 22.7 Å². The van der Waals surface area contributed by atoms with Gasteiger partial charge in [-0.3, -0.25) is 4.79 Å². The minimum absolute atomic E-state index is 0.239. The highest BCUT2D eigenvalue weighted by Gasteiger charge is 2.24. The molecule has 1 aliphatic rings. The van der Waals surface area contributed by atoms with Gasteiger partial charge in [-0.05, 0) is 12.8 Å². The Hall–Kier alpha value is -1.54. The number of carbonyl (C=O) groups excluding carboxylic acids is 1. The molecule has 0 saturated heterocycles. The zero-order chi connectivity index (χ0) is 15.7. The molecule has 6 nitrogen and oxygen atoms in total. The van der Waals surface area contributed by atoms with Crippen molar-refractivity contribution >= 4 is 38.8 Å². The van der Waals surface area contributed by atoms with Crippen molar-refractivity contribution in [2.45, 2.75) is 40.2 Å². The van der Waals surface area contributed by atoms with Gasteiger partial charge in [0, 0.05) is 24.3 Å². The average Bonchev–Trinajstić information content (AvgIpc) is 3.03. The highest BCUT2D eigenvalue weighted by molar-refractivity contribution is 7.17. The lowest BCUT2D eigenvalue weighted by atomic mass is 10.1. The molecule has 1 aliphatic heterocycles. The fourth-order valence-electron chi connectivity index (χ4n) is 2.38. The van der Waals surface area contributed by atoms with Gasteiger partial charge < -0.3 is 10.2 Å². The molecule has 3 heterocycles. The highest BCUT2D eigenvalue weighted by Crippen LogP contribution is 2.31. The number of rotatable bonds is 4. The second-order valence-electron chi connectivity index (χ2n) is 5.80. The first-order valence-electron chi connectivity index (χ1n) is 7.34. The van der Waals surface area contributed by atoms with Gasteiger partial charge in [-0.2, -0.15) is 0 Å². The quantitative estimate of drug-likeness (QED) is 0.929. The van der Waals surface area contributed by atoms with Crippen LogP contribution in [0.1, 0.15) is 35.8 Å². The summed E-state index contributed by atoms with van der Waals surface area (Å²) < 4.78 is 0. The normalized spacial score (nSPS) is 14.3. The van der Waals surface area contributed by atoms with Crippen LogP contribution in [0, 0.1) is 12.8 Å². The standard InChI is InChI=1S/C14H19N5OS2/c1-8(2)6-12(20)19-5-4-10-11(7-19)22-13(15-10)16-14-18-17-9(3)21-14/h8H,4-7H2,1-3H3,(H,15,16,18). The van der Waals surface area contributed by atoms with Crippen molar-refractivity contribution in [3.8, 4) is 0 Å². The molecule has 0 atom stereocenters. The number of aryl methyl sites for hydroxylation is 1. The maximum atomic E-state index is 12.2. The van der Waals surface area contributed by atoms with Gasteiger partial charge in [0.2, 0.25) is 11.0 Å². The van der Waals surface area contributed by atoms with Gasteiger partial charge in [-0.25, -0.2) is 4.98 Å². The number of fused-ring (bicyclic) bond motifs is 1. The number of nitrogens with zero attached hydrogens (tertiary/aromatic N) is 4. The lowest BCUT2D eigenvalue weighted by Crippen LogP contribution is -2.36. The van der Waals surface area contributed by atoms with Crippen LogP contribution < -0.4 is 5.32 Å². The number of aromatic nitrogens is 3. The predicted octanol–water partition coefficient (Wildman–Crippen LogP) is 2.98. The molecular formula is C14H19N5OS2. The van der Waals surface area contributed by atoms with Crippen molar-refractivity contribution in [2.24, 2.45) is 5.92 Å². The molecule has 0 aromatic carbocycles. The Bertz CT molecular complexity index is 679. The summed E-state index contributed by atoms with van der Waals surface area (Å²) in [5.41, 5.74) is 1.10. The molecule has 0 bridgehead atoms. The van der Waals surface area contributed by atoms with Gasteiger partial charge in [-0.1, -0.05) is 36.5 Å². The first-order chi connectivity index (χ1) is 10.5. The smallest absolute Gasteiger partial charge is 0.223 e. The second-order valence-corrected chi connectivity index (χ2v) is 8.07. The van der Waals surface area contributed by atoms with Crippen molar-refractivity contribution in [1.82, 2.24) is 20.1 Å². The van der Waals surface area contributed by atoms with Crippen LogP contribution in [0.25, 0.3) is 0 Å². The third-order valence-electron chi connectivity index (χ3n) is 3.41. The van der Waals surface area contributed by atoms with E-state index in [1.165, 1.54) is 16.2 Å². The molecule has 0 aliphatic carbocycles. The number of thiazole rings is 1. The predicted molar refractivity (Wildman–Crippen MR) is 88.6 cm³/mol. The van der Waals surface area contributed by atoms with E-state index in [4.69, 9.17) is 0 Å². The highest BCUT2D eigenvalue weighted by atomic mass is 32.1. The van der Waals surface area contributed by atoms with Crippen LogP contribution in [0.5, 0.6) is 0 Å². The molecule has 22 heavy (non-hydrogen) atoms. The summed E-state index contributed by atoms with van der Waals surface area (Å²) in [5, 5.41) is 13.8. The zero-order valence-electron chi connectivity index (χ0n) is 12.9. The molecule has 2 aromatic rings. The van der Waals surface area contributed by atoms with E-state index in [0.29, 0.717) is 18.9 Å². The van der Waals surface area contributed by atoms with E-state index in [9.17, 15) is 4.79 Å². The number of hydrogen-bond donors (Lipinski definition) is 1. The van der Waals surface area contributed by atoms with Crippen LogP contribution in [0.3, 0.4) is 0 Å². The number of carbonyl (C=O) groups is 1. The molecule has 3 rings (SSSR count). The Morgan fingerprint density at radius 2 is 2.14 bits per heavy atom. The summed E-state index contributed by atoms with van der Waals surface area (Å²) in [4.78, 5) is 19.9. The Morgan fingerprint density at radius 3 is 2.82 bits per heavy atom. The molecule has 1 N–H and O–H groups in total. The maximum absolute atomic E-state index is 12.2. The van der Waals surface area contributed by atoms with E-state index in [1.807, 2.05) is 11.8 Å². The number of hydrogen-bond acceptors (Lipinski definition) is 7. The number of amides is 1. The summed E-state index contributed by atoms with van der Waals surface area (Å²) in [6, 6.07) is 0. The Morgan fingerprint density at radius 1 is 1.32 bits per heavy atom. The molecule has 118 valence electrons. The number of anilines is 2. The lowest BCUT2D eigenvalue weighted by Gasteiger charge is -2.26. The monoisotopic (exact) mass is 337 g/mol. The first-order valence-corrected chi connectivity index (χ1v) is 8.98. The van der Waals surface area contributed by atoms with Gasteiger partial charge in [0.15, 0.2) is 5.13 Å².